The molecule has 0 saturated heterocycles. The molecule has 3 nitrogen and oxygen atoms in total. The van der Waals surface area contributed by atoms with Gasteiger partial charge in [-0.3, -0.25) is 4.79 Å². The monoisotopic (exact) mass is 340 g/mol. The molecule has 1 rings (SSSR count). The molecular formula is C16H25BrN2O. The van der Waals surface area contributed by atoms with Crippen LogP contribution in [0.3, 0.4) is 0 Å². The Labute approximate surface area is 130 Å². The number of aryl methyl sites for hydroxylation is 1. The van der Waals surface area contributed by atoms with E-state index in [1.165, 1.54) is 32.1 Å². The van der Waals surface area contributed by atoms with Crippen LogP contribution < -0.4 is 5.32 Å². The third kappa shape index (κ3) is 7.04. The Morgan fingerprint density at radius 1 is 1.20 bits per heavy atom. The molecule has 0 bridgehead atoms. The zero-order valence-electron chi connectivity index (χ0n) is 12.5. The van der Waals surface area contributed by atoms with Crippen LogP contribution in [0.25, 0.3) is 0 Å². The summed E-state index contributed by atoms with van der Waals surface area (Å²) < 4.78 is 0.961. The van der Waals surface area contributed by atoms with E-state index in [9.17, 15) is 4.79 Å². The van der Waals surface area contributed by atoms with Crippen LogP contribution in [-0.4, -0.2) is 10.9 Å². The Balaban J connectivity index is 2.15. The van der Waals surface area contributed by atoms with Crippen LogP contribution >= 0.6 is 15.9 Å². The fraction of sp³-hybridized carbons (Fsp3) is 0.625. The summed E-state index contributed by atoms with van der Waals surface area (Å²) in [5.74, 6) is 0.700. The number of halogens is 1. The topological polar surface area (TPSA) is 42.0 Å². The quantitative estimate of drug-likeness (QED) is 0.625. The van der Waals surface area contributed by atoms with Crippen LogP contribution in [0.2, 0.25) is 0 Å². The fourth-order valence-corrected chi connectivity index (χ4v) is 2.27. The molecule has 0 aliphatic heterocycles. The molecule has 0 atom stereocenters. The average Bonchev–Trinajstić information content (AvgIpc) is 2.42. The average molecular weight is 341 g/mol. The summed E-state index contributed by atoms with van der Waals surface area (Å²) in [6.45, 7) is 4.21. The molecule has 1 aromatic rings. The van der Waals surface area contributed by atoms with Gasteiger partial charge in [-0.25, -0.2) is 4.98 Å². The van der Waals surface area contributed by atoms with Crippen molar-refractivity contribution in [2.24, 2.45) is 0 Å². The molecule has 0 unspecified atom stereocenters. The molecule has 0 spiro atoms. The van der Waals surface area contributed by atoms with Crippen molar-refractivity contribution in [3.05, 3.63) is 22.3 Å². The molecule has 0 radical (unpaired) electrons. The van der Waals surface area contributed by atoms with Crippen molar-refractivity contribution in [2.45, 2.75) is 65.2 Å². The van der Waals surface area contributed by atoms with Crippen molar-refractivity contribution in [2.75, 3.05) is 5.32 Å². The summed E-state index contributed by atoms with van der Waals surface area (Å²) in [7, 11) is 0. The number of rotatable bonds is 9. The molecule has 0 saturated carbocycles. The smallest absolute Gasteiger partial charge is 0.225 e. The minimum Gasteiger partial charge on any atom is -0.311 e. The first-order chi connectivity index (χ1) is 9.63. The van der Waals surface area contributed by atoms with E-state index in [1.54, 1.807) is 6.20 Å². The molecule has 20 heavy (non-hydrogen) atoms. The van der Waals surface area contributed by atoms with Crippen LogP contribution in [0.4, 0.5) is 5.82 Å². The summed E-state index contributed by atoms with van der Waals surface area (Å²) in [5.41, 5.74) is 1.08. The van der Waals surface area contributed by atoms with Gasteiger partial charge in [-0.15, -0.1) is 0 Å². The number of hydrogen-bond acceptors (Lipinski definition) is 2. The van der Waals surface area contributed by atoms with Gasteiger partial charge in [0.25, 0.3) is 0 Å². The lowest BCUT2D eigenvalue weighted by molar-refractivity contribution is -0.116. The predicted molar refractivity (Wildman–Crippen MR) is 87.9 cm³/mol. The zero-order chi connectivity index (χ0) is 14.8. The van der Waals surface area contributed by atoms with Crippen molar-refractivity contribution in [1.82, 2.24) is 4.98 Å². The number of hydrogen-bond donors (Lipinski definition) is 1. The Hall–Kier alpha value is -0.900. The second-order valence-corrected chi connectivity index (χ2v) is 6.09. The van der Waals surface area contributed by atoms with Gasteiger partial charge in [-0.2, -0.15) is 0 Å². The summed E-state index contributed by atoms with van der Waals surface area (Å²) >= 11 is 3.40. The highest BCUT2D eigenvalue weighted by molar-refractivity contribution is 9.10. The van der Waals surface area contributed by atoms with Crippen LogP contribution in [0, 0.1) is 6.92 Å². The van der Waals surface area contributed by atoms with Gasteiger partial charge in [0.05, 0.1) is 0 Å². The molecule has 112 valence electrons. The Kier molecular flexibility index (Phi) is 8.51. The van der Waals surface area contributed by atoms with Crippen molar-refractivity contribution in [1.29, 1.82) is 0 Å². The number of unbranched alkanes of at least 4 members (excludes halogenated alkanes) is 6. The van der Waals surface area contributed by atoms with Crippen LogP contribution in [0.5, 0.6) is 0 Å². The van der Waals surface area contributed by atoms with Gasteiger partial charge in [-0.1, -0.05) is 45.4 Å². The van der Waals surface area contributed by atoms with Gasteiger partial charge in [0.2, 0.25) is 5.91 Å². The van der Waals surface area contributed by atoms with E-state index in [4.69, 9.17) is 0 Å². The van der Waals surface area contributed by atoms with Gasteiger partial charge < -0.3 is 5.32 Å². The minimum atomic E-state index is 0.0628. The van der Waals surface area contributed by atoms with Crippen LogP contribution in [0.1, 0.15) is 63.9 Å². The van der Waals surface area contributed by atoms with E-state index in [0.29, 0.717) is 12.2 Å². The van der Waals surface area contributed by atoms with E-state index >= 15 is 0 Å². The molecule has 0 aromatic carbocycles. The maximum absolute atomic E-state index is 11.8. The molecule has 1 heterocycles. The minimum absolute atomic E-state index is 0.0628. The lowest BCUT2D eigenvalue weighted by Crippen LogP contribution is -2.12. The summed E-state index contributed by atoms with van der Waals surface area (Å²) in [4.78, 5) is 16.0. The highest BCUT2D eigenvalue weighted by atomic mass is 79.9. The highest BCUT2D eigenvalue weighted by Crippen LogP contribution is 2.17. The van der Waals surface area contributed by atoms with Gasteiger partial charge in [-0.05, 0) is 40.9 Å². The fourth-order valence-electron chi connectivity index (χ4n) is 2.06. The Morgan fingerprint density at radius 2 is 1.85 bits per heavy atom. The van der Waals surface area contributed by atoms with Crippen LogP contribution in [-0.2, 0) is 4.79 Å². The third-order valence-corrected chi connectivity index (χ3v) is 4.15. The molecule has 1 N–H and O–H groups in total. The molecular weight excluding hydrogens is 316 g/mol. The van der Waals surface area contributed by atoms with E-state index in [2.05, 4.69) is 33.2 Å². The van der Waals surface area contributed by atoms with Gasteiger partial charge in [0.1, 0.15) is 5.82 Å². The normalized spacial score (nSPS) is 10.6. The predicted octanol–water partition coefficient (Wildman–Crippen LogP) is 5.23. The van der Waals surface area contributed by atoms with Gasteiger partial charge >= 0.3 is 0 Å². The van der Waals surface area contributed by atoms with E-state index in [0.717, 1.165) is 22.9 Å². The van der Waals surface area contributed by atoms with Gasteiger partial charge in [0, 0.05) is 17.1 Å². The molecule has 1 amide bonds. The highest BCUT2D eigenvalue weighted by Gasteiger charge is 2.04. The van der Waals surface area contributed by atoms with Crippen LogP contribution in [0.15, 0.2) is 16.7 Å². The number of carbonyl (C=O) groups excluding carboxylic acids is 1. The van der Waals surface area contributed by atoms with Crippen molar-refractivity contribution < 1.29 is 4.79 Å². The maximum atomic E-state index is 11.8. The molecule has 4 heteroatoms. The molecule has 1 aromatic heterocycles. The van der Waals surface area contributed by atoms with Crippen molar-refractivity contribution >= 4 is 27.7 Å². The second-order valence-electron chi connectivity index (χ2n) is 5.24. The lowest BCUT2D eigenvalue weighted by atomic mass is 10.1. The van der Waals surface area contributed by atoms with Crippen molar-refractivity contribution in [3.63, 3.8) is 0 Å². The number of anilines is 1. The number of amides is 1. The summed E-state index contributed by atoms with van der Waals surface area (Å²) in [5, 5.41) is 2.85. The number of nitrogens with zero attached hydrogens (tertiary/aromatic N) is 1. The number of carbonyl (C=O) groups is 1. The Morgan fingerprint density at radius 3 is 2.50 bits per heavy atom. The first-order valence-corrected chi connectivity index (χ1v) is 8.34. The number of pyridine rings is 1. The van der Waals surface area contributed by atoms with E-state index in [1.807, 2.05) is 13.0 Å². The largest absolute Gasteiger partial charge is 0.311 e. The van der Waals surface area contributed by atoms with Crippen molar-refractivity contribution in [3.8, 4) is 0 Å². The number of aromatic nitrogens is 1. The van der Waals surface area contributed by atoms with E-state index < -0.39 is 0 Å². The zero-order valence-corrected chi connectivity index (χ0v) is 14.1. The van der Waals surface area contributed by atoms with Gasteiger partial charge in [0.15, 0.2) is 0 Å². The van der Waals surface area contributed by atoms with E-state index in [-0.39, 0.29) is 5.91 Å². The second kappa shape index (κ2) is 9.92. The maximum Gasteiger partial charge on any atom is 0.225 e. The molecule has 0 aliphatic carbocycles. The summed E-state index contributed by atoms with van der Waals surface area (Å²) in [6, 6.07) is 1.88. The Bertz CT molecular complexity index is 421. The SMILES string of the molecule is CCCCCCCCCC(=O)Nc1cc(C)c(Br)cn1. The third-order valence-electron chi connectivity index (χ3n) is 3.32. The molecule has 0 aliphatic rings. The standard InChI is InChI=1S/C16H25BrN2O/c1-3-4-5-6-7-8-9-10-16(20)19-15-11-13(2)14(17)12-18-15/h11-12H,3-10H2,1-2H3,(H,18,19,20). The lowest BCUT2D eigenvalue weighted by Gasteiger charge is -2.06. The first-order valence-electron chi connectivity index (χ1n) is 7.55. The molecule has 0 fully saturated rings. The first kappa shape index (κ1) is 17.2. The number of nitrogens with one attached hydrogen (secondary N) is 1. The summed E-state index contributed by atoms with van der Waals surface area (Å²) in [6.07, 6.45) is 10.9.